The second-order valence-corrected chi connectivity index (χ2v) is 6.47. The quantitative estimate of drug-likeness (QED) is 0.547. The Balaban J connectivity index is 1.94. The van der Waals surface area contributed by atoms with Crippen LogP contribution < -0.4 is 0 Å². The van der Waals surface area contributed by atoms with E-state index in [-0.39, 0.29) is 0 Å². The molecule has 0 aromatic heterocycles. The van der Waals surface area contributed by atoms with Crippen LogP contribution in [0.15, 0.2) is 47.2 Å². The molecule has 0 saturated carbocycles. The SMILES string of the molecule is CCC/C=C/COP1(=NCc2ccccc2)OCCO1. The molecule has 0 atom stereocenters. The van der Waals surface area contributed by atoms with E-state index in [1.165, 1.54) is 0 Å². The van der Waals surface area contributed by atoms with Gasteiger partial charge < -0.3 is 9.05 Å². The van der Waals surface area contributed by atoms with Gasteiger partial charge in [0.25, 0.3) is 0 Å². The fourth-order valence-electron chi connectivity index (χ4n) is 1.78. The highest BCUT2D eigenvalue weighted by atomic mass is 31.2. The molecule has 1 aromatic carbocycles. The van der Waals surface area contributed by atoms with Gasteiger partial charge in [-0.2, -0.15) is 0 Å². The maximum absolute atomic E-state index is 5.77. The first kappa shape index (κ1) is 15.5. The van der Waals surface area contributed by atoms with Crippen molar-refractivity contribution in [3.63, 3.8) is 0 Å². The summed E-state index contributed by atoms with van der Waals surface area (Å²) in [5, 5.41) is 0. The first-order valence-corrected chi connectivity index (χ1v) is 8.55. The van der Waals surface area contributed by atoms with Gasteiger partial charge in [-0.05, 0) is 12.0 Å². The number of hydrogen-bond donors (Lipinski definition) is 0. The van der Waals surface area contributed by atoms with Crippen molar-refractivity contribution in [2.75, 3.05) is 19.8 Å². The number of rotatable bonds is 7. The van der Waals surface area contributed by atoms with E-state index in [0.717, 1.165) is 18.4 Å². The smallest absolute Gasteiger partial charge is 0.300 e. The second kappa shape index (κ2) is 8.38. The van der Waals surface area contributed by atoms with Crippen LogP contribution in [-0.2, 0) is 20.1 Å². The van der Waals surface area contributed by atoms with Crippen molar-refractivity contribution in [1.82, 2.24) is 0 Å². The molecule has 0 unspecified atom stereocenters. The van der Waals surface area contributed by atoms with Gasteiger partial charge in [-0.25, -0.2) is 4.74 Å². The van der Waals surface area contributed by atoms with Gasteiger partial charge >= 0.3 is 7.74 Å². The maximum Gasteiger partial charge on any atom is 0.356 e. The van der Waals surface area contributed by atoms with Gasteiger partial charge in [-0.1, -0.05) is 55.8 Å². The van der Waals surface area contributed by atoms with Gasteiger partial charge in [-0.15, -0.1) is 0 Å². The Kier molecular flexibility index (Phi) is 6.48. The van der Waals surface area contributed by atoms with Gasteiger partial charge in [0.15, 0.2) is 0 Å². The van der Waals surface area contributed by atoms with Crippen molar-refractivity contribution in [3.05, 3.63) is 48.0 Å². The lowest BCUT2D eigenvalue weighted by Crippen LogP contribution is -1.92. The molecular formula is C15H22NO3P. The average molecular weight is 295 g/mol. The van der Waals surface area contributed by atoms with Crippen molar-refractivity contribution in [2.45, 2.75) is 26.3 Å². The topological polar surface area (TPSA) is 40.0 Å². The Morgan fingerprint density at radius 2 is 1.95 bits per heavy atom. The first-order valence-electron chi connectivity index (χ1n) is 7.05. The molecule has 5 heteroatoms. The van der Waals surface area contributed by atoms with Gasteiger partial charge in [0.05, 0.1) is 26.4 Å². The average Bonchev–Trinajstić information content (AvgIpc) is 2.95. The summed E-state index contributed by atoms with van der Waals surface area (Å²) in [5.41, 5.74) is 1.14. The highest BCUT2D eigenvalue weighted by Gasteiger charge is 2.28. The van der Waals surface area contributed by atoms with Crippen molar-refractivity contribution in [3.8, 4) is 0 Å². The third-order valence-electron chi connectivity index (χ3n) is 2.82. The van der Waals surface area contributed by atoms with E-state index in [2.05, 4.69) is 17.7 Å². The highest BCUT2D eigenvalue weighted by molar-refractivity contribution is 7.51. The molecule has 0 radical (unpaired) electrons. The molecule has 0 amide bonds. The molecule has 2 rings (SSSR count). The minimum atomic E-state index is -2.49. The van der Waals surface area contributed by atoms with Crippen LogP contribution in [0.1, 0.15) is 25.3 Å². The van der Waals surface area contributed by atoms with Crippen LogP contribution in [0.3, 0.4) is 0 Å². The summed E-state index contributed by atoms with van der Waals surface area (Å²) in [6, 6.07) is 10.1. The third-order valence-corrected chi connectivity index (χ3v) is 4.80. The van der Waals surface area contributed by atoms with Crippen molar-refractivity contribution in [2.24, 2.45) is 4.74 Å². The van der Waals surface area contributed by atoms with E-state index in [9.17, 15) is 0 Å². The summed E-state index contributed by atoms with van der Waals surface area (Å²) in [7, 11) is -2.49. The molecule has 1 saturated heterocycles. The number of unbranched alkanes of at least 4 members (excludes halogenated alkanes) is 1. The largest absolute Gasteiger partial charge is 0.356 e. The molecule has 0 spiro atoms. The van der Waals surface area contributed by atoms with Crippen molar-refractivity contribution >= 4 is 7.74 Å². The molecule has 1 aliphatic rings. The minimum Gasteiger partial charge on any atom is -0.300 e. The Morgan fingerprint density at radius 1 is 1.20 bits per heavy atom. The molecule has 0 bridgehead atoms. The maximum atomic E-state index is 5.77. The zero-order valence-electron chi connectivity index (χ0n) is 11.9. The minimum absolute atomic E-state index is 0.492. The fraction of sp³-hybridized carbons (Fsp3) is 0.467. The van der Waals surface area contributed by atoms with E-state index in [0.29, 0.717) is 26.4 Å². The first-order chi connectivity index (χ1) is 9.85. The van der Waals surface area contributed by atoms with Gasteiger partial charge in [0, 0.05) is 0 Å². The van der Waals surface area contributed by atoms with Gasteiger partial charge in [0.2, 0.25) is 0 Å². The number of allylic oxidation sites excluding steroid dienone is 1. The summed E-state index contributed by atoms with van der Waals surface area (Å²) in [6.45, 7) is 4.33. The molecule has 1 aliphatic heterocycles. The van der Waals surface area contributed by atoms with E-state index in [1.54, 1.807) is 0 Å². The van der Waals surface area contributed by atoms with Crippen LogP contribution in [0, 0.1) is 0 Å². The molecule has 1 aromatic rings. The molecule has 0 aliphatic carbocycles. The van der Waals surface area contributed by atoms with Crippen LogP contribution >= 0.6 is 7.74 Å². The lowest BCUT2D eigenvalue weighted by molar-refractivity contribution is 0.255. The number of nitrogens with zero attached hydrogens (tertiary/aromatic N) is 1. The summed E-state index contributed by atoms with van der Waals surface area (Å²) in [5.74, 6) is 0. The normalized spacial score (nSPS) is 17.6. The molecule has 20 heavy (non-hydrogen) atoms. The lowest BCUT2D eigenvalue weighted by atomic mass is 10.2. The number of benzene rings is 1. The Bertz CT molecular complexity index is 463. The summed E-state index contributed by atoms with van der Waals surface area (Å²) in [4.78, 5) is 0. The Hall–Kier alpha value is -0.930. The third kappa shape index (κ3) is 4.88. The summed E-state index contributed by atoms with van der Waals surface area (Å²) in [6.07, 6.45) is 6.33. The van der Waals surface area contributed by atoms with E-state index < -0.39 is 7.74 Å². The van der Waals surface area contributed by atoms with Gasteiger partial charge in [-0.3, -0.25) is 4.52 Å². The van der Waals surface area contributed by atoms with E-state index in [4.69, 9.17) is 13.6 Å². The van der Waals surface area contributed by atoms with E-state index >= 15 is 0 Å². The molecule has 4 nitrogen and oxygen atoms in total. The van der Waals surface area contributed by atoms with Gasteiger partial charge in [0.1, 0.15) is 0 Å². The lowest BCUT2D eigenvalue weighted by Gasteiger charge is -2.15. The second-order valence-electron chi connectivity index (χ2n) is 4.48. The standard InChI is InChI=1S/C15H22NO3P/c1-2-3-4-8-11-17-20(18-12-13-19-20)16-14-15-9-6-5-7-10-15/h4-10H,2-3,11-14H2,1H3/b8-4+. The van der Waals surface area contributed by atoms with Crippen LogP contribution in [-0.4, -0.2) is 19.8 Å². The van der Waals surface area contributed by atoms with Crippen molar-refractivity contribution in [1.29, 1.82) is 0 Å². The number of hydrogen-bond acceptors (Lipinski definition) is 4. The molecule has 0 N–H and O–H groups in total. The monoisotopic (exact) mass is 295 g/mol. The molecule has 1 fully saturated rings. The van der Waals surface area contributed by atoms with Crippen LogP contribution in [0.5, 0.6) is 0 Å². The Labute approximate surface area is 121 Å². The molecular weight excluding hydrogens is 273 g/mol. The molecule has 1 heterocycles. The highest BCUT2D eigenvalue weighted by Crippen LogP contribution is 2.56. The Morgan fingerprint density at radius 3 is 2.65 bits per heavy atom. The van der Waals surface area contributed by atoms with Crippen LogP contribution in [0.2, 0.25) is 0 Å². The fourth-order valence-corrected chi connectivity index (χ4v) is 3.47. The predicted molar refractivity (Wildman–Crippen MR) is 81.4 cm³/mol. The summed E-state index contributed by atoms with van der Waals surface area (Å²) >= 11 is 0. The zero-order chi connectivity index (χ0) is 14.1. The zero-order valence-corrected chi connectivity index (χ0v) is 12.8. The molecule has 110 valence electrons. The predicted octanol–water partition coefficient (Wildman–Crippen LogP) is 4.55. The van der Waals surface area contributed by atoms with Crippen LogP contribution in [0.4, 0.5) is 0 Å². The van der Waals surface area contributed by atoms with E-state index in [1.807, 2.05) is 36.4 Å². The van der Waals surface area contributed by atoms with Crippen molar-refractivity contribution < 1.29 is 13.6 Å². The summed E-state index contributed by atoms with van der Waals surface area (Å²) < 4.78 is 21.6. The van der Waals surface area contributed by atoms with Crippen LogP contribution in [0.25, 0.3) is 0 Å².